The van der Waals surface area contributed by atoms with Crippen molar-refractivity contribution in [2.24, 2.45) is 5.92 Å². The molecule has 0 spiro atoms. The molecule has 3 rings (SSSR count). The van der Waals surface area contributed by atoms with Gasteiger partial charge in [-0.05, 0) is 25.0 Å². The molecule has 1 amide bonds. The molecule has 1 aromatic carbocycles. The lowest BCUT2D eigenvalue weighted by Crippen LogP contribution is -2.39. The van der Waals surface area contributed by atoms with Crippen LogP contribution in [0.15, 0.2) is 34.9 Å². The maximum Gasteiger partial charge on any atom is 0.257 e. The highest BCUT2D eigenvalue weighted by molar-refractivity contribution is 5.78. The second-order valence-electron chi connectivity index (χ2n) is 6.07. The first-order valence-corrected chi connectivity index (χ1v) is 7.83. The molecule has 2 heterocycles. The van der Waals surface area contributed by atoms with Crippen LogP contribution in [0, 0.1) is 5.92 Å². The second kappa shape index (κ2) is 6.30. The minimum Gasteiger partial charge on any atom is -0.339 e. The van der Waals surface area contributed by atoms with Crippen LogP contribution in [0.1, 0.15) is 32.5 Å². The fraction of sp³-hybridized carbons (Fsp3) is 0.471. The third-order valence-corrected chi connectivity index (χ3v) is 4.06. The van der Waals surface area contributed by atoms with Gasteiger partial charge in [0.15, 0.2) is 5.82 Å². The van der Waals surface area contributed by atoms with Crippen molar-refractivity contribution in [1.82, 2.24) is 15.0 Å². The summed E-state index contributed by atoms with van der Waals surface area (Å²) in [6.45, 7) is 4.73. The van der Waals surface area contributed by atoms with E-state index >= 15 is 0 Å². The summed E-state index contributed by atoms with van der Waals surface area (Å²) in [7, 11) is 0. The van der Waals surface area contributed by atoms with Crippen molar-refractivity contribution in [3.63, 3.8) is 0 Å². The van der Waals surface area contributed by atoms with Gasteiger partial charge >= 0.3 is 0 Å². The van der Waals surface area contributed by atoms with Crippen LogP contribution in [0.25, 0.3) is 11.5 Å². The van der Waals surface area contributed by atoms with Crippen molar-refractivity contribution >= 4 is 5.91 Å². The first-order chi connectivity index (χ1) is 10.6. The molecule has 1 unspecified atom stereocenters. The van der Waals surface area contributed by atoms with E-state index in [1.807, 2.05) is 49.1 Å². The molecule has 1 aromatic heterocycles. The second-order valence-corrected chi connectivity index (χ2v) is 6.07. The summed E-state index contributed by atoms with van der Waals surface area (Å²) in [4.78, 5) is 18.7. The van der Waals surface area contributed by atoms with E-state index in [9.17, 15) is 4.79 Å². The number of aromatic nitrogens is 2. The predicted octanol–water partition coefficient (Wildman–Crippen LogP) is 2.93. The zero-order valence-electron chi connectivity index (χ0n) is 13.0. The molecule has 116 valence electrons. The van der Waals surface area contributed by atoms with Gasteiger partial charge in [0.25, 0.3) is 5.89 Å². The number of carbonyl (C=O) groups is 1. The summed E-state index contributed by atoms with van der Waals surface area (Å²) in [5.74, 6) is 1.46. The molecule has 1 aliphatic heterocycles. The topological polar surface area (TPSA) is 59.2 Å². The van der Waals surface area contributed by atoms with Crippen molar-refractivity contribution in [2.45, 2.75) is 39.2 Å². The number of amides is 1. The summed E-state index contributed by atoms with van der Waals surface area (Å²) in [5, 5.41) is 4.07. The van der Waals surface area contributed by atoms with Gasteiger partial charge in [-0.1, -0.05) is 37.2 Å². The zero-order valence-corrected chi connectivity index (χ0v) is 13.0. The smallest absolute Gasteiger partial charge is 0.257 e. The average Bonchev–Trinajstić information content (AvgIpc) is 3.17. The number of benzene rings is 1. The number of carbonyl (C=O) groups excluding carboxylic acids is 1. The van der Waals surface area contributed by atoms with Crippen molar-refractivity contribution in [2.75, 3.05) is 6.54 Å². The van der Waals surface area contributed by atoms with E-state index in [0.717, 1.165) is 24.9 Å². The van der Waals surface area contributed by atoms with Crippen LogP contribution >= 0.6 is 0 Å². The van der Waals surface area contributed by atoms with Crippen molar-refractivity contribution < 1.29 is 9.32 Å². The first kappa shape index (κ1) is 14.8. The number of nitrogens with zero attached hydrogens (tertiary/aromatic N) is 3. The number of rotatable bonds is 4. The summed E-state index contributed by atoms with van der Waals surface area (Å²) in [6, 6.07) is 9.92. The first-order valence-electron chi connectivity index (χ1n) is 7.83. The molecular formula is C17H21N3O2. The average molecular weight is 299 g/mol. The molecule has 5 nitrogen and oxygen atoms in total. The molecule has 0 saturated carbocycles. The molecule has 0 aliphatic carbocycles. The maximum atomic E-state index is 12.2. The van der Waals surface area contributed by atoms with Crippen molar-refractivity contribution in [3.8, 4) is 11.5 Å². The Morgan fingerprint density at radius 3 is 2.86 bits per heavy atom. The van der Waals surface area contributed by atoms with Gasteiger partial charge in [-0.15, -0.1) is 0 Å². The van der Waals surface area contributed by atoms with Crippen LogP contribution in [-0.2, 0) is 11.2 Å². The Balaban J connectivity index is 1.71. The van der Waals surface area contributed by atoms with Crippen LogP contribution in [0.2, 0.25) is 0 Å². The van der Waals surface area contributed by atoms with Gasteiger partial charge in [0.2, 0.25) is 5.91 Å². The number of hydrogen-bond acceptors (Lipinski definition) is 4. The van der Waals surface area contributed by atoms with Gasteiger partial charge < -0.3 is 9.42 Å². The summed E-state index contributed by atoms with van der Waals surface area (Å²) in [5.41, 5.74) is 0.919. The molecule has 0 N–H and O–H groups in total. The highest BCUT2D eigenvalue weighted by atomic mass is 16.5. The largest absolute Gasteiger partial charge is 0.339 e. The fourth-order valence-electron chi connectivity index (χ4n) is 2.92. The van der Waals surface area contributed by atoms with E-state index in [2.05, 4.69) is 10.1 Å². The Bertz CT molecular complexity index is 636. The van der Waals surface area contributed by atoms with Crippen LogP contribution in [0.4, 0.5) is 0 Å². The molecule has 1 aliphatic rings. The monoisotopic (exact) mass is 299 g/mol. The summed E-state index contributed by atoms with van der Waals surface area (Å²) >= 11 is 0. The molecule has 1 atom stereocenters. The van der Waals surface area contributed by atoms with Gasteiger partial charge in [-0.25, -0.2) is 0 Å². The minimum absolute atomic E-state index is 0.0331. The molecule has 1 saturated heterocycles. The van der Waals surface area contributed by atoms with Crippen molar-refractivity contribution in [3.05, 3.63) is 36.2 Å². The summed E-state index contributed by atoms with van der Waals surface area (Å²) < 4.78 is 5.34. The van der Waals surface area contributed by atoms with E-state index in [0.29, 0.717) is 18.1 Å². The highest BCUT2D eigenvalue weighted by Gasteiger charge is 2.31. The minimum atomic E-state index is 0.0331. The Morgan fingerprint density at radius 1 is 1.36 bits per heavy atom. The molecule has 0 radical (unpaired) electrons. The molecule has 1 fully saturated rings. The summed E-state index contributed by atoms with van der Waals surface area (Å²) in [6.07, 6.45) is 2.72. The van der Waals surface area contributed by atoms with Gasteiger partial charge in [-0.2, -0.15) is 4.98 Å². The van der Waals surface area contributed by atoms with Crippen molar-refractivity contribution in [1.29, 1.82) is 0 Å². The van der Waals surface area contributed by atoms with E-state index < -0.39 is 0 Å². The van der Waals surface area contributed by atoms with E-state index in [-0.39, 0.29) is 17.9 Å². The predicted molar refractivity (Wildman–Crippen MR) is 83.0 cm³/mol. The third kappa shape index (κ3) is 3.03. The molecular weight excluding hydrogens is 278 g/mol. The Hall–Kier alpha value is -2.17. The molecule has 0 bridgehead atoms. The maximum absolute atomic E-state index is 12.2. The van der Waals surface area contributed by atoms with Crippen LogP contribution < -0.4 is 0 Å². The fourth-order valence-corrected chi connectivity index (χ4v) is 2.92. The number of hydrogen-bond donors (Lipinski definition) is 0. The lowest BCUT2D eigenvalue weighted by molar-refractivity contribution is -0.135. The molecule has 2 aromatic rings. The quantitative estimate of drug-likeness (QED) is 0.871. The van der Waals surface area contributed by atoms with E-state index in [4.69, 9.17) is 4.52 Å². The van der Waals surface area contributed by atoms with Gasteiger partial charge in [0.1, 0.15) is 0 Å². The SMILES string of the molecule is CC(C)C(=O)N1CCCC1Cc1noc(-c2ccccc2)n1. The Kier molecular flexibility index (Phi) is 4.22. The highest BCUT2D eigenvalue weighted by Crippen LogP contribution is 2.23. The molecule has 5 heteroatoms. The zero-order chi connectivity index (χ0) is 15.5. The lowest BCUT2D eigenvalue weighted by Gasteiger charge is -2.25. The van der Waals surface area contributed by atoms with Gasteiger partial charge in [-0.3, -0.25) is 4.79 Å². The van der Waals surface area contributed by atoms with Gasteiger partial charge in [0.05, 0.1) is 0 Å². The number of likely N-dealkylation sites (tertiary alicyclic amines) is 1. The third-order valence-electron chi connectivity index (χ3n) is 4.06. The van der Waals surface area contributed by atoms with Crippen LogP contribution in [0.3, 0.4) is 0 Å². The van der Waals surface area contributed by atoms with E-state index in [1.54, 1.807) is 0 Å². The van der Waals surface area contributed by atoms with Crippen LogP contribution in [0.5, 0.6) is 0 Å². The molecule has 22 heavy (non-hydrogen) atoms. The Morgan fingerprint density at radius 2 is 2.14 bits per heavy atom. The Labute approximate surface area is 130 Å². The normalized spacial score (nSPS) is 18.1. The van der Waals surface area contributed by atoms with Crippen LogP contribution in [-0.4, -0.2) is 33.5 Å². The lowest BCUT2D eigenvalue weighted by atomic mass is 10.1. The standard InChI is InChI=1S/C17H21N3O2/c1-12(2)17(21)20-10-6-9-14(20)11-15-18-16(22-19-15)13-7-4-3-5-8-13/h3-5,7-8,12,14H,6,9-11H2,1-2H3. The van der Waals surface area contributed by atoms with Gasteiger partial charge in [0, 0.05) is 30.5 Å². The van der Waals surface area contributed by atoms with E-state index in [1.165, 1.54) is 0 Å².